The van der Waals surface area contributed by atoms with Crippen LogP contribution in [0.4, 0.5) is 5.69 Å². The predicted octanol–water partition coefficient (Wildman–Crippen LogP) is 4.08. The number of nitro groups is 1. The predicted molar refractivity (Wildman–Crippen MR) is 114 cm³/mol. The lowest BCUT2D eigenvalue weighted by Crippen LogP contribution is -2.18. The van der Waals surface area contributed by atoms with Crippen molar-refractivity contribution < 1.29 is 24.0 Å². The molecule has 0 aliphatic carbocycles. The molecular formula is C21H14ClN3O7. The third kappa shape index (κ3) is 4.44. The van der Waals surface area contributed by atoms with E-state index in [1.165, 1.54) is 37.5 Å². The molecule has 11 heteroatoms. The van der Waals surface area contributed by atoms with Crippen LogP contribution in [0.1, 0.15) is 32.9 Å². The zero-order valence-corrected chi connectivity index (χ0v) is 17.2. The number of benzene rings is 1. The number of pyridine rings is 1. The van der Waals surface area contributed by atoms with Gasteiger partial charge in [0.2, 0.25) is 0 Å². The number of hydrogen-bond donors (Lipinski definition) is 2. The first-order chi connectivity index (χ1) is 15.3. The Bertz CT molecular complexity index is 1350. The van der Waals surface area contributed by atoms with Gasteiger partial charge in [0.1, 0.15) is 28.8 Å². The standard InChI is InChI=1S/C21H14ClN3O7/c1-31-10-15-14(9-23)20(26)24-17(19(15)25(29)30)6-3-12-4-7-18(32-12)13-8-11(21(27)28)2-5-16(13)22/h2-8H,10H2,1H3,(H,24,26)(H,27,28). The summed E-state index contributed by atoms with van der Waals surface area (Å²) in [7, 11) is 1.29. The molecule has 0 radical (unpaired) electrons. The van der Waals surface area contributed by atoms with Gasteiger partial charge in [-0.25, -0.2) is 4.79 Å². The molecule has 0 saturated carbocycles. The molecule has 1 aromatic carbocycles. The number of nitriles is 1. The van der Waals surface area contributed by atoms with E-state index in [2.05, 4.69) is 4.98 Å². The summed E-state index contributed by atoms with van der Waals surface area (Å²) in [5.41, 5.74) is -1.56. The highest BCUT2D eigenvalue weighted by Crippen LogP contribution is 2.31. The zero-order valence-electron chi connectivity index (χ0n) is 16.4. The Morgan fingerprint density at radius 2 is 2.12 bits per heavy atom. The Hall–Kier alpha value is -4.20. The fraction of sp³-hybridized carbons (Fsp3) is 0.0952. The average molecular weight is 456 g/mol. The highest BCUT2D eigenvalue weighted by molar-refractivity contribution is 6.33. The smallest absolute Gasteiger partial charge is 0.335 e. The van der Waals surface area contributed by atoms with Crippen LogP contribution in [0.25, 0.3) is 23.5 Å². The molecule has 32 heavy (non-hydrogen) atoms. The van der Waals surface area contributed by atoms with Crippen molar-refractivity contribution in [3.8, 4) is 17.4 Å². The summed E-state index contributed by atoms with van der Waals surface area (Å²) in [5.74, 6) is -0.594. The van der Waals surface area contributed by atoms with Crippen LogP contribution in [0.15, 0.2) is 39.5 Å². The highest BCUT2D eigenvalue weighted by atomic mass is 35.5. The zero-order chi connectivity index (χ0) is 23.4. The molecule has 2 aromatic heterocycles. The molecule has 3 rings (SSSR count). The van der Waals surface area contributed by atoms with Crippen molar-refractivity contribution in [2.45, 2.75) is 6.61 Å². The molecule has 0 fully saturated rings. The summed E-state index contributed by atoms with van der Waals surface area (Å²) in [6, 6.07) is 8.90. The van der Waals surface area contributed by atoms with Crippen molar-refractivity contribution in [1.82, 2.24) is 4.98 Å². The second kappa shape index (κ2) is 9.30. The number of ether oxygens (including phenoxy) is 1. The lowest BCUT2D eigenvalue weighted by Gasteiger charge is -2.06. The lowest BCUT2D eigenvalue weighted by atomic mass is 10.1. The van der Waals surface area contributed by atoms with Gasteiger partial charge in [-0.1, -0.05) is 11.6 Å². The topological polar surface area (TPSA) is 159 Å². The van der Waals surface area contributed by atoms with Gasteiger partial charge in [0.05, 0.1) is 27.7 Å². The number of hydrogen-bond acceptors (Lipinski definition) is 7. The van der Waals surface area contributed by atoms with Crippen molar-refractivity contribution in [1.29, 1.82) is 5.26 Å². The van der Waals surface area contributed by atoms with Gasteiger partial charge < -0.3 is 19.2 Å². The molecular weight excluding hydrogens is 442 g/mol. The molecule has 0 unspecified atom stereocenters. The molecule has 2 heterocycles. The number of halogens is 1. The third-order valence-electron chi connectivity index (χ3n) is 4.42. The maximum absolute atomic E-state index is 12.2. The molecule has 0 amide bonds. The fourth-order valence-electron chi connectivity index (χ4n) is 2.99. The second-order valence-corrected chi connectivity index (χ2v) is 6.81. The van der Waals surface area contributed by atoms with E-state index in [-0.39, 0.29) is 40.0 Å². The molecule has 0 bridgehead atoms. The third-order valence-corrected chi connectivity index (χ3v) is 4.75. The highest BCUT2D eigenvalue weighted by Gasteiger charge is 2.25. The Morgan fingerprint density at radius 1 is 1.38 bits per heavy atom. The van der Waals surface area contributed by atoms with Gasteiger partial charge in [0.15, 0.2) is 0 Å². The monoisotopic (exact) mass is 455 g/mol. The van der Waals surface area contributed by atoms with E-state index < -0.39 is 27.7 Å². The minimum absolute atomic E-state index is 0.0225. The van der Waals surface area contributed by atoms with Gasteiger partial charge in [-0.15, -0.1) is 0 Å². The van der Waals surface area contributed by atoms with Crippen LogP contribution in [0.2, 0.25) is 5.02 Å². The molecule has 0 spiro atoms. The summed E-state index contributed by atoms with van der Waals surface area (Å²) >= 11 is 6.14. The first-order valence-electron chi connectivity index (χ1n) is 8.90. The van der Waals surface area contributed by atoms with Crippen LogP contribution < -0.4 is 5.56 Å². The maximum Gasteiger partial charge on any atom is 0.335 e. The Balaban J connectivity index is 2.04. The van der Waals surface area contributed by atoms with Gasteiger partial charge in [-0.2, -0.15) is 5.26 Å². The van der Waals surface area contributed by atoms with E-state index in [4.69, 9.17) is 25.9 Å². The molecule has 3 aromatic rings. The summed E-state index contributed by atoms with van der Waals surface area (Å²) < 4.78 is 10.6. The van der Waals surface area contributed by atoms with Gasteiger partial charge in [0.25, 0.3) is 11.2 Å². The quantitative estimate of drug-likeness (QED) is 0.398. The van der Waals surface area contributed by atoms with Crippen molar-refractivity contribution in [3.63, 3.8) is 0 Å². The number of aromatic amines is 1. The first kappa shape index (κ1) is 22.5. The van der Waals surface area contributed by atoms with Crippen LogP contribution in [-0.4, -0.2) is 28.1 Å². The maximum atomic E-state index is 12.2. The molecule has 2 N–H and O–H groups in total. The molecule has 0 saturated heterocycles. The van der Waals surface area contributed by atoms with Crippen molar-refractivity contribution >= 4 is 35.4 Å². The van der Waals surface area contributed by atoms with E-state index in [1.807, 2.05) is 0 Å². The fourth-order valence-corrected chi connectivity index (χ4v) is 3.20. The van der Waals surface area contributed by atoms with E-state index in [0.717, 1.165) is 0 Å². The molecule has 162 valence electrons. The number of nitrogens with one attached hydrogen (secondary N) is 1. The number of carbonyl (C=O) groups is 1. The van der Waals surface area contributed by atoms with Crippen molar-refractivity contribution in [2.75, 3.05) is 7.11 Å². The van der Waals surface area contributed by atoms with E-state index in [1.54, 1.807) is 18.2 Å². The Morgan fingerprint density at radius 3 is 2.75 bits per heavy atom. The number of nitrogens with zero attached hydrogens (tertiary/aromatic N) is 2. The lowest BCUT2D eigenvalue weighted by molar-refractivity contribution is -0.386. The number of methoxy groups -OCH3 is 1. The SMILES string of the molecule is COCc1c([N+](=O)[O-])c(C=Cc2ccc(-c3cc(C(=O)O)ccc3Cl)o2)[nH]c(=O)c1C#N. The van der Waals surface area contributed by atoms with E-state index in [9.17, 15) is 25.0 Å². The van der Waals surface area contributed by atoms with Gasteiger partial charge in [-0.05, 0) is 42.5 Å². The minimum atomic E-state index is -1.13. The van der Waals surface area contributed by atoms with Crippen molar-refractivity contribution in [3.05, 3.63) is 84.0 Å². The largest absolute Gasteiger partial charge is 0.478 e. The van der Waals surface area contributed by atoms with Crippen LogP contribution in [-0.2, 0) is 11.3 Å². The molecule has 0 aliphatic heterocycles. The first-order valence-corrected chi connectivity index (χ1v) is 9.28. The molecule has 0 aliphatic rings. The number of H-pyrrole nitrogens is 1. The number of aromatic carboxylic acids is 1. The number of rotatable bonds is 7. The molecule has 10 nitrogen and oxygen atoms in total. The minimum Gasteiger partial charge on any atom is -0.478 e. The van der Waals surface area contributed by atoms with Crippen LogP contribution >= 0.6 is 11.6 Å². The van der Waals surface area contributed by atoms with E-state index in [0.29, 0.717) is 5.56 Å². The Kier molecular flexibility index (Phi) is 6.53. The summed E-state index contributed by atoms with van der Waals surface area (Å²) in [5, 5.41) is 30.2. The van der Waals surface area contributed by atoms with Crippen LogP contribution in [0.5, 0.6) is 0 Å². The summed E-state index contributed by atoms with van der Waals surface area (Å²) in [4.78, 5) is 36.6. The van der Waals surface area contributed by atoms with Gasteiger partial charge in [-0.3, -0.25) is 14.9 Å². The van der Waals surface area contributed by atoms with Crippen LogP contribution in [0, 0.1) is 21.4 Å². The van der Waals surface area contributed by atoms with Gasteiger partial charge in [0, 0.05) is 12.7 Å². The van der Waals surface area contributed by atoms with Gasteiger partial charge >= 0.3 is 5.97 Å². The summed E-state index contributed by atoms with van der Waals surface area (Å²) in [6.45, 7) is -0.298. The van der Waals surface area contributed by atoms with Crippen LogP contribution in [0.3, 0.4) is 0 Å². The molecule has 0 atom stereocenters. The number of furan rings is 1. The average Bonchev–Trinajstić information content (AvgIpc) is 3.21. The summed E-state index contributed by atoms with van der Waals surface area (Å²) in [6.07, 6.45) is 2.64. The Labute approximate surface area is 185 Å². The van der Waals surface area contributed by atoms with E-state index >= 15 is 0 Å². The number of carboxylic acid groups (broad SMARTS) is 1. The second-order valence-electron chi connectivity index (χ2n) is 6.41. The van der Waals surface area contributed by atoms with Crippen molar-refractivity contribution in [2.24, 2.45) is 0 Å². The number of carboxylic acids is 1. The normalized spacial score (nSPS) is 10.9. The number of aromatic nitrogens is 1.